The Morgan fingerprint density at radius 1 is 1.77 bits per heavy atom. The van der Waals surface area contributed by atoms with Gasteiger partial charge in [0.2, 0.25) is 0 Å². The number of hydrogen-bond acceptors (Lipinski definition) is 3. The summed E-state index contributed by atoms with van der Waals surface area (Å²) in [5.41, 5.74) is 5.67. The molecule has 0 fully saturated rings. The minimum atomic E-state index is 0.132. The lowest BCUT2D eigenvalue weighted by Crippen LogP contribution is -2.09. The van der Waals surface area contributed by atoms with Crippen molar-refractivity contribution in [1.29, 1.82) is 5.26 Å². The molecule has 0 saturated heterocycles. The molecular weight excluding hydrogens is 268 g/mol. The molecule has 1 aromatic heterocycles. The van der Waals surface area contributed by atoms with Crippen molar-refractivity contribution < 1.29 is 0 Å². The molecule has 1 aromatic rings. The van der Waals surface area contributed by atoms with Crippen molar-refractivity contribution in [2.75, 3.05) is 0 Å². The first-order valence-corrected chi connectivity index (χ1v) is 5.37. The third-order valence-electron chi connectivity index (χ3n) is 1.26. The van der Waals surface area contributed by atoms with Gasteiger partial charge in [-0.3, -0.25) is 0 Å². The first-order valence-electron chi connectivity index (χ1n) is 3.29. The highest BCUT2D eigenvalue weighted by molar-refractivity contribution is 9.10. The van der Waals surface area contributed by atoms with Gasteiger partial charge in [-0.15, -0.1) is 11.3 Å². The van der Waals surface area contributed by atoms with Crippen LogP contribution in [-0.2, 0) is 0 Å². The summed E-state index contributed by atoms with van der Waals surface area (Å²) < 4.78 is 0.990. The quantitative estimate of drug-likeness (QED) is 0.512. The van der Waals surface area contributed by atoms with E-state index in [2.05, 4.69) is 15.9 Å². The van der Waals surface area contributed by atoms with E-state index in [9.17, 15) is 0 Å². The van der Waals surface area contributed by atoms with Crippen LogP contribution in [-0.4, -0.2) is 4.99 Å². The lowest BCUT2D eigenvalue weighted by molar-refractivity contribution is 1.52. The summed E-state index contributed by atoms with van der Waals surface area (Å²) in [5, 5.41) is 10.6. The van der Waals surface area contributed by atoms with E-state index in [-0.39, 0.29) is 4.99 Å². The van der Waals surface area contributed by atoms with E-state index in [1.165, 1.54) is 11.3 Å². The topological polar surface area (TPSA) is 49.8 Å². The Labute approximate surface area is 93.8 Å². The van der Waals surface area contributed by atoms with Crippen LogP contribution in [0.3, 0.4) is 0 Å². The molecule has 0 aromatic carbocycles. The Kier molecular flexibility index (Phi) is 3.60. The number of nitrogens with two attached hydrogens (primary N) is 1. The van der Waals surface area contributed by atoms with Crippen molar-refractivity contribution in [3.63, 3.8) is 0 Å². The van der Waals surface area contributed by atoms with Gasteiger partial charge in [0.05, 0.1) is 5.57 Å². The molecule has 0 aliphatic carbocycles. The van der Waals surface area contributed by atoms with Crippen LogP contribution in [0.4, 0.5) is 0 Å². The van der Waals surface area contributed by atoms with Gasteiger partial charge < -0.3 is 5.73 Å². The molecule has 0 radical (unpaired) electrons. The summed E-state index contributed by atoms with van der Waals surface area (Å²) in [7, 11) is 0. The summed E-state index contributed by atoms with van der Waals surface area (Å²) in [5.74, 6) is 0. The molecule has 0 aliphatic heterocycles. The molecule has 0 unspecified atom stereocenters. The number of thiophene rings is 1. The Morgan fingerprint density at radius 3 is 2.85 bits per heavy atom. The fourth-order valence-electron chi connectivity index (χ4n) is 0.705. The van der Waals surface area contributed by atoms with Crippen LogP contribution in [0, 0.1) is 11.3 Å². The molecule has 13 heavy (non-hydrogen) atoms. The first kappa shape index (κ1) is 10.4. The van der Waals surface area contributed by atoms with Crippen molar-refractivity contribution in [2.45, 2.75) is 0 Å². The van der Waals surface area contributed by atoms with Gasteiger partial charge in [0, 0.05) is 14.7 Å². The monoisotopic (exact) mass is 272 g/mol. The number of rotatable bonds is 2. The van der Waals surface area contributed by atoms with Gasteiger partial charge in [0.1, 0.15) is 11.1 Å². The normalized spacial score (nSPS) is 10.9. The average Bonchev–Trinajstić information content (AvgIpc) is 2.46. The molecule has 0 aliphatic rings. The number of halogens is 1. The Balaban J connectivity index is 3.00. The standard InChI is InChI=1S/C8H5BrN2S2/c9-6-2-7(13-4-6)1-5(3-10)8(11)12/h1-2,4H,(H2,11,12)/b5-1-. The molecule has 0 atom stereocenters. The molecular formula is C8H5BrN2S2. The van der Waals surface area contributed by atoms with E-state index in [1.54, 1.807) is 6.08 Å². The highest BCUT2D eigenvalue weighted by Gasteiger charge is 2.00. The average molecular weight is 273 g/mol. The minimum Gasteiger partial charge on any atom is -0.389 e. The molecule has 0 bridgehead atoms. The van der Waals surface area contributed by atoms with Gasteiger partial charge in [-0.05, 0) is 28.1 Å². The maximum absolute atomic E-state index is 8.67. The molecule has 5 heteroatoms. The number of nitriles is 1. The van der Waals surface area contributed by atoms with Gasteiger partial charge in [-0.2, -0.15) is 5.26 Å². The van der Waals surface area contributed by atoms with Gasteiger partial charge in [0.25, 0.3) is 0 Å². The molecule has 1 rings (SSSR count). The summed E-state index contributed by atoms with van der Waals surface area (Å²) >= 11 is 9.54. The Hall–Kier alpha value is -0.700. The highest BCUT2D eigenvalue weighted by Crippen LogP contribution is 2.21. The maximum Gasteiger partial charge on any atom is 0.114 e. The molecule has 1 heterocycles. The van der Waals surface area contributed by atoms with Crippen LogP contribution in [0.15, 0.2) is 21.5 Å². The second-order valence-electron chi connectivity index (χ2n) is 2.20. The zero-order valence-corrected chi connectivity index (χ0v) is 9.67. The van der Waals surface area contributed by atoms with Crippen LogP contribution in [0.2, 0.25) is 0 Å². The number of nitrogens with zero attached hydrogens (tertiary/aromatic N) is 1. The van der Waals surface area contributed by atoms with Crippen LogP contribution < -0.4 is 5.73 Å². The number of hydrogen-bond donors (Lipinski definition) is 1. The molecule has 0 saturated carbocycles. The molecule has 66 valence electrons. The first-order chi connectivity index (χ1) is 6.13. The summed E-state index contributed by atoms with van der Waals surface area (Å²) in [6.07, 6.45) is 1.68. The van der Waals surface area contributed by atoms with Crippen molar-refractivity contribution >= 4 is 50.5 Å². The largest absolute Gasteiger partial charge is 0.389 e. The number of thiocarbonyl (C=S) groups is 1. The van der Waals surface area contributed by atoms with E-state index < -0.39 is 0 Å². The van der Waals surface area contributed by atoms with E-state index in [1.807, 2.05) is 17.5 Å². The van der Waals surface area contributed by atoms with E-state index >= 15 is 0 Å². The molecule has 2 nitrogen and oxygen atoms in total. The van der Waals surface area contributed by atoms with Gasteiger partial charge in [-0.1, -0.05) is 12.2 Å². The molecule has 0 spiro atoms. The lowest BCUT2D eigenvalue weighted by atomic mass is 10.2. The summed E-state index contributed by atoms with van der Waals surface area (Å²) in [6, 6.07) is 3.85. The SMILES string of the molecule is N#C/C(=C/c1cc(Br)cs1)C(N)=S. The lowest BCUT2D eigenvalue weighted by Gasteiger charge is -1.91. The molecule has 2 N–H and O–H groups in total. The minimum absolute atomic E-state index is 0.132. The second kappa shape index (κ2) is 4.51. The zero-order valence-electron chi connectivity index (χ0n) is 6.45. The van der Waals surface area contributed by atoms with Gasteiger partial charge >= 0.3 is 0 Å². The summed E-state index contributed by atoms with van der Waals surface area (Å²) in [6.45, 7) is 0. The predicted octanol–water partition coefficient (Wildman–Crippen LogP) is 2.70. The van der Waals surface area contributed by atoms with Crippen molar-refractivity contribution in [3.05, 3.63) is 26.4 Å². The third kappa shape index (κ3) is 2.92. The van der Waals surface area contributed by atoms with E-state index in [0.717, 1.165) is 9.35 Å². The van der Waals surface area contributed by atoms with Gasteiger partial charge in [0.15, 0.2) is 0 Å². The third-order valence-corrected chi connectivity index (χ3v) is 3.12. The predicted molar refractivity (Wildman–Crippen MR) is 62.4 cm³/mol. The maximum atomic E-state index is 8.67. The fourth-order valence-corrected chi connectivity index (χ4v) is 2.19. The van der Waals surface area contributed by atoms with E-state index in [4.69, 9.17) is 23.2 Å². The zero-order chi connectivity index (χ0) is 9.84. The second-order valence-corrected chi connectivity index (χ2v) is 4.50. The van der Waals surface area contributed by atoms with Crippen LogP contribution in [0.25, 0.3) is 6.08 Å². The smallest absolute Gasteiger partial charge is 0.114 e. The fraction of sp³-hybridized carbons (Fsp3) is 0. The van der Waals surface area contributed by atoms with Crippen molar-refractivity contribution in [1.82, 2.24) is 0 Å². The molecule has 0 amide bonds. The van der Waals surface area contributed by atoms with Crippen LogP contribution in [0.1, 0.15) is 4.88 Å². The van der Waals surface area contributed by atoms with Gasteiger partial charge in [-0.25, -0.2) is 0 Å². The van der Waals surface area contributed by atoms with Crippen LogP contribution >= 0.6 is 39.5 Å². The van der Waals surface area contributed by atoms with Crippen molar-refractivity contribution in [3.8, 4) is 6.07 Å². The van der Waals surface area contributed by atoms with E-state index in [0.29, 0.717) is 5.57 Å². The Morgan fingerprint density at radius 2 is 2.46 bits per heavy atom. The summed E-state index contributed by atoms with van der Waals surface area (Å²) in [4.78, 5) is 1.09. The van der Waals surface area contributed by atoms with Crippen LogP contribution in [0.5, 0.6) is 0 Å². The Bertz CT molecular complexity index is 401. The van der Waals surface area contributed by atoms with Crippen molar-refractivity contribution in [2.24, 2.45) is 5.73 Å². The highest BCUT2D eigenvalue weighted by atomic mass is 79.9.